The van der Waals surface area contributed by atoms with Crippen molar-refractivity contribution in [2.75, 3.05) is 46.0 Å². The number of amides is 1. The van der Waals surface area contributed by atoms with Crippen molar-refractivity contribution < 1.29 is 122 Å². The summed E-state index contributed by atoms with van der Waals surface area (Å²) in [6.07, 6.45) is -21.6. The molecule has 0 aliphatic carbocycles. The van der Waals surface area contributed by atoms with Gasteiger partial charge in [0.1, 0.15) is 86.1 Å². The Hall–Kier alpha value is -5.82. The molecule has 0 spiro atoms. The number of phenolic OH excluding ortho intramolecular Hbond substituents is 1. The predicted molar refractivity (Wildman–Crippen MR) is 286 cm³/mol. The summed E-state index contributed by atoms with van der Waals surface area (Å²) in [4.78, 5) is 47.0. The average Bonchev–Trinajstić information content (AvgIpc) is 3.01. The van der Waals surface area contributed by atoms with Gasteiger partial charge in [-0.1, -0.05) is 46.8 Å². The summed E-state index contributed by atoms with van der Waals surface area (Å²) < 4.78 is 68.2. The number of aliphatic hydroxyl groups is 8. The lowest BCUT2D eigenvalue weighted by molar-refractivity contribution is -0.342. The van der Waals surface area contributed by atoms with Gasteiger partial charge in [-0.2, -0.15) is 0 Å². The van der Waals surface area contributed by atoms with Crippen LogP contribution in [0, 0.1) is 23.7 Å². The number of nitrogens with one attached hydrogen (secondary N) is 1. The molecule has 4 heterocycles. The van der Waals surface area contributed by atoms with Crippen molar-refractivity contribution >= 4 is 29.5 Å². The number of aliphatic hydroxyl groups excluding tert-OH is 8. The highest BCUT2D eigenvalue weighted by Crippen LogP contribution is 2.44. The molecule has 7 rings (SSSR count). The number of hydrogen-bond acceptors (Lipinski definition) is 25. The molecular weight excluding hydrogens is 1100 g/mol. The van der Waals surface area contributed by atoms with E-state index >= 15 is 0 Å². The van der Waals surface area contributed by atoms with E-state index in [-0.39, 0.29) is 54.1 Å². The number of carbonyl (C=O) groups is 4. The minimum atomic E-state index is -1.78. The molecule has 0 aromatic heterocycles. The molecule has 3 aromatic carbocycles. The molecule has 0 saturated carbocycles. The van der Waals surface area contributed by atoms with E-state index in [0.717, 1.165) is 0 Å². The number of phenols is 1. The topological polar surface area (TPSA) is 373 Å². The predicted octanol–water partition coefficient (Wildman–Crippen LogP) is 1.70. The molecular formula is C57H79NO25. The Morgan fingerprint density at radius 2 is 1.06 bits per heavy atom. The van der Waals surface area contributed by atoms with Crippen LogP contribution in [-0.2, 0) is 61.8 Å². The Bertz CT molecular complexity index is 2600. The number of aromatic hydroxyl groups is 1. The van der Waals surface area contributed by atoms with Crippen molar-refractivity contribution in [3.05, 3.63) is 71.8 Å². The first-order chi connectivity index (χ1) is 39.3. The Kier molecular flexibility index (Phi) is 23.8. The van der Waals surface area contributed by atoms with E-state index in [0.29, 0.717) is 28.3 Å². The first-order valence-electron chi connectivity index (χ1n) is 27.1. The molecule has 4 aliphatic heterocycles. The van der Waals surface area contributed by atoms with Gasteiger partial charge in [-0.05, 0) is 65.6 Å². The third-order valence-electron chi connectivity index (χ3n) is 15.0. The normalized spacial score (nSPS) is 33.4. The molecule has 4 saturated heterocycles. The molecule has 26 nitrogen and oxygen atoms in total. The number of anilines is 1. The number of carbonyl (C=O) groups excluding carboxylic acids is 4. The van der Waals surface area contributed by atoms with Crippen molar-refractivity contribution in [1.82, 2.24) is 0 Å². The summed E-state index contributed by atoms with van der Waals surface area (Å²) in [5.74, 6) is -1.63. The van der Waals surface area contributed by atoms with Gasteiger partial charge in [-0.15, -0.1) is 0 Å². The van der Waals surface area contributed by atoms with Crippen LogP contribution in [0.5, 0.6) is 28.7 Å². The first kappa shape index (κ1) is 66.3. The molecule has 10 N–H and O–H groups in total. The monoisotopic (exact) mass is 1180 g/mol. The standard InChI is InChI=1S/C29H39NO13.C28H40O12/c1-13(2)28(38)30-15-5-7-16(8-6-15)40-18-10-14(4-9-17(18)39-3)26-25(37)27(22(34)20(12-32)41-26)43-29-24(36)23(35)21(33)19(11-31)42-29;1-13-14(2)26(37-18(6)31)28(39-22(13)11-35-16(4)29)40-25-15(3)23(12-36-17(5)30)38-27(24(25)33)19-8-9-21(34-7)20(32)10-19/h4-10,13,19-27,29,31-37H,11-12H2,1-3H3,(H,30,38);8-10,13-15,22-28,32-33H,11-12H2,1-7H3/t19-,20-,21-,22-,23+,24+,25-,26-,27+,29-;13-,14-,15+,22+,23+,24-,25-,26-,27+,28+/m10/s1. The van der Waals surface area contributed by atoms with Gasteiger partial charge < -0.3 is 108 Å². The highest BCUT2D eigenvalue weighted by molar-refractivity contribution is 5.92. The fraction of sp³-hybridized carbons (Fsp3) is 0.614. The highest BCUT2D eigenvalue weighted by atomic mass is 16.7. The second-order valence-electron chi connectivity index (χ2n) is 21.2. The van der Waals surface area contributed by atoms with Gasteiger partial charge in [0.2, 0.25) is 5.91 Å². The lowest BCUT2D eigenvalue weighted by atomic mass is 9.82. The van der Waals surface area contributed by atoms with Crippen LogP contribution in [0.3, 0.4) is 0 Å². The molecule has 4 fully saturated rings. The number of methoxy groups -OCH3 is 2. The molecule has 4 aliphatic rings. The molecule has 83 heavy (non-hydrogen) atoms. The van der Waals surface area contributed by atoms with Crippen LogP contribution in [0.4, 0.5) is 5.69 Å². The maximum Gasteiger partial charge on any atom is 0.303 e. The van der Waals surface area contributed by atoms with Crippen molar-refractivity contribution in [3.63, 3.8) is 0 Å². The van der Waals surface area contributed by atoms with Gasteiger partial charge >= 0.3 is 17.9 Å². The summed E-state index contributed by atoms with van der Waals surface area (Å²) in [5.41, 5.74) is 1.39. The zero-order chi connectivity index (χ0) is 61.1. The first-order valence-corrected chi connectivity index (χ1v) is 27.1. The van der Waals surface area contributed by atoms with Gasteiger partial charge in [-0.3, -0.25) is 19.2 Å². The second-order valence-corrected chi connectivity index (χ2v) is 21.2. The van der Waals surface area contributed by atoms with Gasteiger partial charge in [0.25, 0.3) is 0 Å². The third-order valence-corrected chi connectivity index (χ3v) is 15.0. The minimum absolute atomic E-state index is 0.0256. The molecule has 0 unspecified atom stereocenters. The van der Waals surface area contributed by atoms with Crippen LogP contribution >= 0.6 is 0 Å². The van der Waals surface area contributed by atoms with E-state index in [2.05, 4.69) is 5.32 Å². The van der Waals surface area contributed by atoms with Crippen LogP contribution < -0.4 is 19.5 Å². The highest BCUT2D eigenvalue weighted by Gasteiger charge is 2.53. The van der Waals surface area contributed by atoms with Crippen LogP contribution in [-0.4, -0.2) is 202 Å². The number of esters is 3. The van der Waals surface area contributed by atoms with Gasteiger partial charge in [0.05, 0.1) is 45.7 Å². The van der Waals surface area contributed by atoms with E-state index in [4.69, 9.17) is 56.8 Å². The number of benzene rings is 3. The SMILES string of the molecule is COc1ccc([C@H]2O[C@H](CO)[C@@H](O)[C@H](O[C@H]3O[C@H](CO)[C@@H](O)[C@H](O)[C@@H]3O)[C@@H]2O)cc1Oc1ccc(NC(=O)C(C)C)cc1.COc1ccc([C@H]2O[C@H](COC(C)=O)[C@@H](C)[C@H](O[C@H]3O[C@H](COC(C)=O)[C@@H](C)[C@H](C)[C@@H]3OC(C)=O)[C@@H]2O)cc1O. The maximum absolute atomic E-state index is 12.0. The zero-order valence-electron chi connectivity index (χ0n) is 47.8. The minimum Gasteiger partial charge on any atom is -0.504 e. The fourth-order valence-electron chi connectivity index (χ4n) is 9.94. The molecule has 26 heteroatoms. The Labute approximate surface area is 479 Å². The molecule has 1 amide bonds. The Morgan fingerprint density at radius 1 is 0.542 bits per heavy atom. The van der Waals surface area contributed by atoms with Crippen LogP contribution in [0.15, 0.2) is 60.7 Å². The number of rotatable bonds is 19. The Morgan fingerprint density at radius 3 is 1.60 bits per heavy atom. The largest absolute Gasteiger partial charge is 0.504 e. The summed E-state index contributed by atoms with van der Waals surface area (Å²) >= 11 is 0. The summed E-state index contributed by atoms with van der Waals surface area (Å²) in [6.45, 7) is 11.5. The second kappa shape index (κ2) is 29.8. The summed E-state index contributed by atoms with van der Waals surface area (Å²) in [5, 5.41) is 96.7. The van der Waals surface area contributed by atoms with Crippen LogP contribution in [0.25, 0.3) is 0 Å². The van der Waals surface area contributed by atoms with Crippen molar-refractivity contribution in [3.8, 4) is 28.7 Å². The fourth-order valence-corrected chi connectivity index (χ4v) is 9.94. The van der Waals surface area contributed by atoms with Crippen molar-refractivity contribution in [1.29, 1.82) is 0 Å². The molecule has 3 aromatic rings. The summed E-state index contributed by atoms with van der Waals surface area (Å²) in [6, 6.07) is 15.9. The van der Waals surface area contributed by atoms with Gasteiger partial charge in [0.15, 0.2) is 41.7 Å². The third kappa shape index (κ3) is 16.3. The maximum atomic E-state index is 12.0. The van der Waals surface area contributed by atoms with Crippen molar-refractivity contribution in [2.24, 2.45) is 23.7 Å². The number of ether oxygens (including phenoxy) is 12. The van der Waals surface area contributed by atoms with E-state index in [1.807, 2.05) is 13.8 Å². The smallest absolute Gasteiger partial charge is 0.303 e. The average molecular weight is 1180 g/mol. The van der Waals surface area contributed by atoms with E-state index in [9.17, 15) is 65.1 Å². The summed E-state index contributed by atoms with van der Waals surface area (Å²) in [7, 11) is 2.86. The molecule has 0 bridgehead atoms. The molecule has 20 atom stereocenters. The quantitative estimate of drug-likeness (QED) is 0.0603. The number of hydrogen-bond donors (Lipinski definition) is 10. The van der Waals surface area contributed by atoms with Crippen LogP contribution in [0.2, 0.25) is 0 Å². The van der Waals surface area contributed by atoms with E-state index < -0.39 is 141 Å². The van der Waals surface area contributed by atoms with E-state index in [1.165, 1.54) is 47.1 Å². The van der Waals surface area contributed by atoms with Crippen LogP contribution in [0.1, 0.15) is 78.7 Å². The Balaban J connectivity index is 0.000000267. The van der Waals surface area contributed by atoms with Crippen molar-refractivity contribution in [2.45, 2.75) is 160 Å². The van der Waals surface area contributed by atoms with E-state index in [1.54, 1.807) is 69.3 Å². The molecule has 0 radical (unpaired) electrons. The van der Waals surface area contributed by atoms with Gasteiger partial charge in [0, 0.05) is 44.2 Å². The lowest BCUT2D eigenvalue weighted by Crippen LogP contribution is -2.63. The van der Waals surface area contributed by atoms with Gasteiger partial charge in [-0.25, -0.2) is 0 Å². The zero-order valence-corrected chi connectivity index (χ0v) is 47.8. The molecule has 462 valence electrons. The lowest BCUT2D eigenvalue weighted by Gasteiger charge is -2.48.